The molecule has 0 spiro atoms. The number of anilines is 2. The maximum Gasteiger partial charge on any atom is 0.490 e. The van der Waals surface area contributed by atoms with Crippen molar-refractivity contribution in [1.29, 1.82) is 0 Å². The molecule has 0 saturated heterocycles. The molecular formula is C19H22BrF3N8O3. The minimum absolute atomic E-state index is 0.118. The Morgan fingerprint density at radius 3 is 2.56 bits per heavy atom. The molecule has 5 N–H and O–H groups in total. The second-order valence-electron chi connectivity index (χ2n) is 7.60. The average Bonchev–Trinajstić information content (AvgIpc) is 3.31. The summed E-state index contributed by atoms with van der Waals surface area (Å²) in [5, 5.41) is 21.7. The van der Waals surface area contributed by atoms with Crippen molar-refractivity contribution in [2.45, 2.75) is 43.9 Å². The minimum Gasteiger partial charge on any atom is -0.475 e. The third kappa shape index (κ3) is 6.22. The Morgan fingerprint density at radius 1 is 1.29 bits per heavy atom. The molecule has 0 aliphatic heterocycles. The van der Waals surface area contributed by atoms with Gasteiger partial charge in [0.2, 0.25) is 0 Å². The predicted octanol–water partition coefficient (Wildman–Crippen LogP) is 2.79. The lowest BCUT2D eigenvalue weighted by Crippen LogP contribution is -2.42. The van der Waals surface area contributed by atoms with Crippen LogP contribution in [0.5, 0.6) is 0 Å². The number of carbonyl (C=O) groups excluding carboxylic acids is 1. The number of aliphatic carboxylic acids is 1. The number of hydrogen-bond acceptors (Lipinski definition) is 7. The van der Waals surface area contributed by atoms with Gasteiger partial charge in [0.15, 0.2) is 10.3 Å². The summed E-state index contributed by atoms with van der Waals surface area (Å²) in [4.78, 5) is 26.2. The minimum atomic E-state index is -5.08. The number of halogens is 4. The highest BCUT2D eigenvalue weighted by molar-refractivity contribution is 9.10. The summed E-state index contributed by atoms with van der Waals surface area (Å²) in [5.74, 6) is -2.35. The van der Waals surface area contributed by atoms with Crippen LogP contribution < -0.4 is 16.4 Å². The molecule has 34 heavy (non-hydrogen) atoms. The van der Waals surface area contributed by atoms with Crippen molar-refractivity contribution in [3.63, 3.8) is 0 Å². The summed E-state index contributed by atoms with van der Waals surface area (Å²) in [7, 11) is 1.78. The normalized spacial score (nSPS) is 18.2. The Hall–Kier alpha value is -3.20. The van der Waals surface area contributed by atoms with Crippen LogP contribution in [0.3, 0.4) is 0 Å². The highest BCUT2D eigenvalue weighted by atomic mass is 79.9. The van der Waals surface area contributed by atoms with Gasteiger partial charge in [-0.3, -0.25) is 9.48 Å². The van der Waals surface area contributed by atoms with Crippen LogP contribution in [0.2, 0.25) is 0 Å². The number of amides is 1. The molecule has 1 fully saturated rings. The number of hydrogen-bond donors (Lipinski definition) is 4. The molecule has 11 nitrogen and oxygen atoms in total. The van der Waals surface area contributed by atoms with Gasteiger partial charge in [0.1, 0.15) is 11.4 Å². The molecule has 1 aliphatic carbocycles. The van der Waals surface area contributed by atoms with Gasteiger partial charge in [0.25, 0.3) is 5.91 Å². The fourth-order valence-electron chi connectivity index (χ4n) is 3.37. The highest BCUT2D eigenvalue weighted by Crippen LogP contribution is 2.23. The van der Waals surface area contributed by atoms with E-state index < -0.39 is 12.1 Å². The van der Waals surface area contributed by atoms with Crippen LogP contribution >= 0.6 is 15.9 Å². The molecule has 15 heteroatoms. The van der Waals surface area contributed by atoms with Crippen LogP contribution in [-0.4, -0.2) is 59.6 Å². The molecule has 1 amide bonds. The van der Waals surface area contributed by atoms with Gasteiger partial charge in [-0.05, 0) is 34.8 Å². The average molecular weight is 547 g/mol. The van der Waals surface area contributed by atoms with Crippen LogP contribution in [0.4, 0.5) is 24.7 Å². The van der Waals surface area contributed by atoms with Gasteiger partial charge in [0, 0.05) is 31.5 Å². The molecule has 0 unspecified atom stereocenters. The van der Waals surface area contributed by atoms with E-state index in [0.29, 0.717) is 27.3 Å². The summed E-state index contributed by atoms with van der Waals surface area (Å²) in [5.41, 5.74) is 7.68. The fraction of sp³-hybridized carbons (Fsp3) is 0.421. The van der Waals surface area contributed by atoms with E-state index in [1.165, 1.54) is 12.6 Å². The second-order valence-corrected chi connectivity index (χ2v) is 8.35. The number of carbonyl (C=O) groups is 2. The Morgan fingerprint density at radius 2 is 1.97 bits per heavy atom. The number of aromatic nitrogens is 5. The number of carboxylic acids is 1. The van der Waals surface area contributed by atoms with Gasteiger partial charge in [-0.25, -0.2) is 14.3 Å². The van der Waals surface area contributed by atoms with Crippen molar-refractivity contribution in [3.05, 3.63) is 34.8 Å². The maximum absolute atomic E-state index is 12.7. The number of nitrogens with zero attached hydrogens (tertiary/aromatic N) is 5. The summed E-state index contributed by atoms with van der Waals surface area (Å²) in [6, 6.07) is 2.16. The first-order chi connectivity index (χ1) is 16.0. The lowest BCUT2D eigenvalue weighted by Gasteiger charge is -2.29. The third-order valence-corrected chi connectivity index (χ3v) is 5.63. The van der Waals surface area contributed by atoms with Gasteiger partial charge in [-0.15, -0.1) is 0 Å². The molecule has 0 radical (unpaired) electrons. The first-order valence-electron chi connectivity index (χ1n) is 10.1. The van der Waals surface area contributed by atoms with Gasteiger partial charge in [-0.2, -0.15) is 23.4 Å². The zero-order valence-corrected chi connectivity index (χ0v) is 19.5. The number of fused-ring (bicyclic) bond motifs is 1. The molecular weight excluding hydrogens is 525 g/mol. The zero-order valence-electron chi connectivity index (χ0n) is 17.9. The van der Waals surface area contributed by atoms with Crippen molar-refractivity contribution in [1.82, 2.24) is 24.4 Å². The fourth-order valence-corrected chi connectivity index (χ4v) is 3.82. The number of carboxylic acid groups (broad SMARTS) is 1. The number of aryl methyl sites for hydroxylation is 1. The number of alkyl halides is 3. The quantitative estimate of drug-likeness (QED) is 0.389. The van der Waals surface area contributed by atoms with E-state index in [-0.39, 0.29) is 18.0 Å². The van der Waals surface area contributed by atoms with Crippen LogP contribution in [0.15, 0.2) is 29.3 Å². The van der Waals surface area contributed by atoms with Crippen molar-refractivity contribution in [2.24, 2.45) is 12.8 Å². The van der Waals surface area contributed by atoms with E-state index >= 15 is 0 Å². The van der Waals surface area contributed by atoms with Crippen molar-refractivity contribution >= 4 is 45.0 Å². The van der Waals surface area contributed by atoms with Crippen LogP contribution in [0.25, 0.3) is 5.65 Å². The Labute approximate surface area is 199 Å². The Kier molecular flexibility index (Phi) is 7.76. The SMILES string of the molecule is Cn1cc(NC(=O)c2cnn3ccc(N[C@@H]4CCCC[C@@H]4N)nc23)c(Br)n1.O=C(O)C(F)(F)F. The smallest absolute Gasteiger partial charge is 0.475 e. The molecule has 2 atom stereocenters. The third-order valence-electron chi connectivity index (χ3n) is 5.04. The van der Waals surface area contributed by atoms with Crippen molar-refractivity contribution < 1.29 is 27.9 Å². The van der Waals surface area contributed by atoms with E-state index in [9.17, 15) is 18.0 Å². The predicted molar refractivity (Wildman–Crippen MR) is 119 cm³/mol. The van der Waals surface area contributed by atoms with Gasteiger partial charge < -0.3 is 21.5 Å². The van der Waals surface area contributed by atoms with Crippen LogP contribution in [0, 0.1) is 0 Å². The molecule has 4 rings (SSSR count). The van der Waals surface area contributed by atoms with E-state index in [0.717, 1.165) is 19.3 Å². The number of rotatable bonds is 4. The zero-order chi connectivity index (χ0) is 25.0. The molecule has 184 valence electrons. The summed E-state index contributed by atoms with van der Waals surface area (Å²) in [6.45, 7) is 0. The standard InChI is InChI=1S/C17H21BrN8O.C2HF3O2/c1-25-9-13(15(18)24-25)22-17(27)10-8-20-26-7-6-14(23-16(10)26)21-12-5-3-2-4-11(12)19;3-2(4,5)1(6)7/h6-9,11-12H,2-5,19H2,1H3,(H,21,23)(H,22,27);(H,6,7)/t11-,12+;/m0./s1. The van der Waals surface area contributed by atoms with Gasteiger partial charge >= 0.3 is 12.1 Å². The lowest BCUT2D eigenvalue weighted by atomic mass is 9.91. The van der Waals surface area contributed by atoms with Gasteiger partial charge in [0.05, 0.1) is 11.9 Å². The van der Waals surface area contributed by atoms with Crippen LogP contribution in [0.1, 0.15) is 36.0 Å². The van der Waals surface area contributed by atoms with E-state index in [2.05, 4.69) is 41.7 Å². The number of nitrogens with one attached hydrogen (secondary N) is 2. The molecule has 0 bridgehead atoms. The first-order valence-corrected chi connectivity index (χ1v) is 10.9. The van der Waals surface area contributed by atoms with E-state index in [4.69, 9.17) is 15.6 Å². The molecule has 0 aromatic carbocycles. The molecule has 3 heterocycles. The maximum atomic E-state index is 12.7. The highest BCUT2D eigenvalue weighted by Gasteiger charge is 2.38. The lowest BCUT2D eigenvalue weighted by molar-refractivity contribution is -0.192. The van der Waals surface area contributed by atoms with Crippen molar-refractivity contribution in [2.75, 3.05) is 10.6 Å². The monoisotopic (exact) mass is 546 g/mol. The summed E-state index contributed by atoms with van der Waals surface area (Å²) >= 11 is 3.33. The molecule has 1 aliphatic rings. The van der Waals surface area contributed by atoms with Gasteiger partial charge in [-0.1, -0.05) is 12.8 Å². The van der Waals surface area contributed by atoms with E-state index in [1.807, 2.05) is 6.07 Å². The Bertz CT molecular complexity index is 1180. The Balaban J connectivity index is 0.000000406. The molecule has 3 aromatic rings. The van der Waals surface area contributed by atoms with Crippen molar-refractivity contribution in [3.8, 4) is 0 Å². The molecule has 1 saturated carbocycles. The summed E-state index contributed by atoms with van der Waals surface area (Å²) in [6.07, 6.45) is 4.30. The number of nitrogens with two attached hydrogens (primary N) is 1. The summed E-state index contributed by atoms with van der Waals surface area (Å²) < 4.78 is 35.5. The first kappa shape index (κ1) is 25.4. The largest absolute Gasteiger partial charge is 0.490 e. The topological polar surface area (TPSA) is 152 Å². The second kappa shape index (κ2) is 10.4. The molecule has 3 aromatic heterocycles. The van der Waals surface area contributed by atoms with E-state index in [1.54, 1.807) is 28.6 Å². The van der Waals surface area contributed by atoms with Crippen LogP contribution in [-0.2, 0) is 11.8 Å².